The van der Waals surface area contributed by atoms with Crippen molar-refractivity contribution in [2.24, 2.45) is 0 Å². The number of ether oxygens (including phenoxy) is 2. The molecule has 0 saturated carbocycles. The van der Waals surface area contributed by atoms with E-state index in [4.69, 9.17) is 9.47 Å². The first-order valence-electron chi connectivity index (χ1n) is 11.9. The normalized spacial score (nSPS) is 13.5. The van der Waals surface area contributed by atoms with E-state index >= 15 is 0 Å². The zero-order valence-electron chi connectivity index (χ0n) is 18.9. The molecule has 0 aromatic rings. The average molecular weight is 385 g/mol. The molecular weight excluding hydrogens is 336 g/mol. The minimum absolute atomic E-state index is 0.125. The SMILES string of the molecule is CCCCCCCCCCCCCCCCCC(=O)OC(C)OC(C)CC. The van der Waals surface area contributed by atoms with Crippen molar-refractivity contribution in [3.05, 3.63) is 0 Å². The Morgan fingerprint density at radius 3 is 1.48 bits per heavy atom. The summed E-state index contributed by atoms with van der Waals surface area (Å²) < 4.78 is 10.8. The van der Waals surface area contributed by atoms with Crippen LogP contribution in [0.4, 0.5) is 0 Å². The standard InChI is InChI=1S/C24H48O3/c1-5-7-8-9-10-11-12-13-14-15-16-17-18-19-20-21-24(25)27-23(4)26-22(3)6-2/h22-23H,5-21H2,1-4H3. The van der Waals surface area contributed by atoms with Gasteiger partial charge in [0.25, 0.3) is 0 Å². The van der Waals surface area contributed by atoms with Gasteiger partial charge in [-0.3, -0.25) is 4.79 Å². The van der Waals surface area contributed by atoms with Crippen LogP contribution in [-0.4, -0.2) is 18.4 Å². The van der Waals surface area contributed by atoms with Crippen molar-refractivity contribution in [1.82, 2.24) is 0 Å². The van der Waals surface area contributed by atoms with Crippen LogP contribution < -0.4 is 0 Å². The van der Waals surface area contributed by atoms with Crippen molar-refractivity contribution >= 4 is 5.97 Å². The largest absolute Gasteiger partial charge is 0.436 e. The Hall–Kier alpha value is -0.570. The van der Waals surface area contributed by atoms with Crippen LogP contribution in [0.25, 0.3) is 0 Å². The molecule has 0 amide bonds. The number of carbonyl (C=O) groups is 1. The van der Waals surface area contributed by atoms with Crippen LogP contribution in [0.15, 0.2) is 0 Å². The lowest BCUT2D eigenvalue weighted by Crippen LogP contribution is -2.22. The molecule has 0 aromatic carbocycles. The van der Waals surface area contributed by atoms with Crippen LogP contribution in [0.3, 0.4) is 0 Å². The van der Waals surface area contributed by atoms with E-state index in [0.29, 0.717) is 6.42 Å². The molecule has 0 bridgehead atoms. The molecule has 162 valence electrons. The first-order valence-corrected chi connectivity index (χ1v) is 11.9. The number of carbonyl (C=O) groups excluding carboxylic acids is 1. The molecule has 0 N–H and O–H groups in total. The molecule has 0 aliphatic heterocycles. The fourth-order valence-corrected chi connectivity index (χ4v) is 3.34. The highest BCUT2D eigenvalue weighted by atomic mass is 16.7. The third kappa shape index (κ3) is 20.0. The summed E-state index contributed by atoms with van der Waals surface area (Å²) in [6.07, 6.45) is 21.2. The lowest BCUT2D eigenvalue weighted by molar-refractivity contribution is -0.183. The lowest BCUT2D eigenvalue weighted by atomic mass is 10.0. The van der Waals surface area contributed by atoms with Gasteiger partial charge in [0.15, 0.2) is 6.29 Å². The van der Waals surface area contributed by atoms with E-state index in [2.05, 4.69) is 13.8 Å². The molecule has 0 saturated heterocycles. The van der Waals surface area contributed by atoms with Gasteiger partial charge < -0.3 is 9.47 Å². The van der Waals surface area contributed by atoms with Gasteiger partial charge in [-0.25, -0.2) is 0 Å². The Morgan fingerprint density at radius 2 is 1.07 bits per heavy atom. The molecule has 3 heteroatoms. The summed E-state index contributed by atoms with van der Waals surface area (Å²) in [5, 5.41) is 0. The summed E-state index contributed by atoms with van der Waals surface area (Å²) in [5.74, 6) is -0.125. The first-order chi connectivity index (χ1) is 13.1. The fraction of sp³-hybridized carbons (Fsp3) is 0.958. The Morgan fingerprint density at radius 1 is 0.667 bits per heavy atom. The fourth-order valence-electron chi connectivity index (χ4n) is 3.34. The number of rotatable bonds is 20. The predicted octanol–water partition coefficient (Wildman–Crippen LogP) is 7.95. The van der Waals surface area contributed by atoms with Crippen molar-refractivity contribution in [3.8, 4) is 0 Å². The van der Waals surface area contributed by atoms with Gasteiger partial charge in [-0.2, -0.15) is 0 Å². The van der Waals surface area contributed by atoms with Crippen molar-refractivity contribution < 1.29 is 14.3 Å². The first kappa shape index (κ1) is 26.4. The molecule has 2 unspecified atom stereocenters. The Kier molecular flexibility index (Phi) is 19.7. The molecule has 0 aliphatic rings. The topological polar surface area (TPSA) is 35.5 Å². The van der Waals surface area contributed by atoms with E-state index in [-0.39, 0.29) is 12.1 Å². The van der Waals surface area contributed by atoms with Gasteiger partial charge in [0.05, 0.1) is 6.10 Å². The second kappa shape index (κ2) is 20.2. The minimum atomic E-state index is -0.427. The number of hydrogen-bond donors (Lipinski definition) is 0. The summed E-state index contributed by atoms with van der Waals surface area (Å²) >= 11 is 0. The van der Waals surface area contributed by atoms with Crippen LogP contribution in [0.1, 0.15) is 137 Å². The van der Waals surface area contributed by atoms with Crippen molar-refractivity contribution in [3.63, 3.8) is 0 Å². The molecular formula is C24H48O3. The van der Waals surface area contributed by atoms with Crippen LogP contribution in [0.2, 0.25) is 0 Å². The summed E-state index contributed by atoms with van der Waals surface area (Å²) in [7, 11) is 0. The van der Waals surface area contributed by atoms with Crippen LogP contribution >= 0.6 is 0 Å². The molecule has 2 atom stereocenters. The smallest absolute Gasteiger partial charge is 0.308 e. The van der Waals surface area contributed by atoms with Gasteiger partial charge >= 0.3 is 5.97 Å². The second-order valence-corrected chi connectivity index (χ2v) is 8.11. The average Bonchev–Trinajstić information content (AvgIpc) is 2.64. The van der Waals surface area contributed by atoms with Gasteiger partial charge in [0, 0.05) is 6.42 Å². The predicted molar refractivity (Wildman–Crippen MR) is 116 cm³/mol. The molecule has 0 aliphatic carbocycles. The van der Waals surface area contributed by atoms with E-state index in [9.17, 15) is 4.79 Å². The number of unbranched alkanes of at least 4 members (excludes halogenated alkanes) is 14. The van der Waals surface area contributed by atoms with E-state index in [1.54, 1.807) is 6.92 Å². The Bertz CT molecular complexity index is 317. The molecule has 27 heavy (non-hydrogen) atoms. The van der Waals surface area contributed by atoms with Crippen LogP contribution in [0.5, 0.6) is 0 Å². The Balaban J connectivity index is 3.25. The van der Waals surface area contributed by atoms with E-state index in [1.165, 1.54) is 83.5 Å². The summed E-state index contributed by atoms with van der Waals surface area (Å²) in [5.41, 5.74) is 0. The highest BCUT2D eigenvalue weighted by Crippen LogP contribution is 2.14. The van der Waals surface area contributed by atoms with E-state index < -0.39 is 6.29 Å². The Labute approximate surface area is 170 Å². The third-order valence-electron chi connectivity index (χ3n) is 5.28. The summed E-state index contributed by atoms with van der Waals surface area (Å²) in [6, 6.07) is 0. The third-order valence-corrected chi connectivity index (χ3v) is 5.28. The summed E-state index contributed by atoms with van der Waals surface area (Å²) in [6.45, 7) is 8.14. The van der Waals surface area contributed by atoms with Gasteiger partial charge in [-0.15, -0.1) is 0 Å². The maximum atomic E-state index is 11.8. The maximum absolute atomic E-state index is 11.8. The van der Waals surface area contributed by atoms with Crippen molar-refractivity contribution in [2.45, 2.75) is 149 Å². The molecule has 0 rings (SSSR count). The quantitative estimate of drug-likeness (QED) is 0.121. The monoisotopic (exact) mass is 384 g/mol. The van der Waals surface area contributed by atoms with Crippen LogP contribution in [-0.2, 0) is 14.3 Å². The second-order valence-electron chi connectivity index (χ2n) is 8.11. The maximum Gasteiger partial charge on any atom is 0.308 e. The van der Waals surface area contributed by atoms with Gasteiger partial charge in [0.2, 0.25) is 0 Å². The minimum Gasteiger partial charge on any atom is -0.436 e. The van der Waals surface area contributed by atoms with Gasteiger partial charge in [0.1, 0.15) is 0 Å². The number of hydrogen-bond acceptors (Lipinski definition) is 3. The van der Waals surface area contributed by atoms with E-state index in [0.717, 1.165) is 19.3 Å². The van der Waals surface area contributed by atoms with Crippen molar-refractivity contribution in [1.29, 1.82) is 0 Å². The molecule has 3 nitrogen and oxygen atoms in total. The zero-order valence-corrected chi connectivity index (χ0v) is 18.9. The van der Waals surface area contributed by atoms with Gasteiger partial charge in [-0.05, 0) is 26.7 Å². The molecule has 0 radical (unpaired) electrons. The molecule has 0 aromatic heterocycles. The highest BCUT2D eigenvalue weighted by molar-refractivity contribution is 5.69. The van der Waals surface area contributed by atoms with Crippen molar-refractivity contribution in [2.75, 3.05) is 0 Å². The zero-order chi connectivity index (χ0) is 20.2. The van der Waals surface area contributed by atoms with Crippen LogP contribution in [0, 0.1) is 0 Å². The number of esters is 1. The molecule has 0 fully saturated rings. The summed E-state index contributed by atoms with van der Waals surface area (Å²) in [4.78, 5) is 11.8. The molecule has 0 heterocycles. The highest BCUT2D eigenvalue weighted by Gasteiger charge is 2.11. The van der Waals surface area contributed by atoms with E-state index in [1.807, 2.05) is 6.92 Å². The molecule has 0 spiro atoms. The van der Waals surface area contributed by atoms with Gasteiger partial charge in [-0.1, -0.05) is 104 Å². The lowest BCUT2D eigenvalue weighted by Gasteiger charge is -2.18.